The second-order valence-electron chi connectivity index (χ2n) is 12.1. The summed E-state index contributed by atoms with van der Waals surface area (Å²) in [5.41, 5.74) is 0.976. The summed E-state index contributed by atoms with van der Waals surface area (Å²) in [6.07, 6.45) is 6.22. The van der Waals surface area contributed by atoms with Crippen LogP contribution in [0.15, 0.2) is 22.5 Å². The van der Waals surface area contributed by atoms with E-state index in [9.17, 15) is 19.9 Å². The summed E-state index contributed by atoms with van der Waals surface area (Å²) < 4.78 is 15.4. The molecule has 0 bridgehead atoms. The predicted molar refractivity (Wildman–Crippen MR) is 137 cm³/mol. The monoisotopic (exact) mass is 537 g/mol. The Morgan fingerprint density at radius 2 is 1.71 bits per heavy atom. The Labute approximate surface area is 222 Å². The number of carboxylic acid groups (broad SMARTS) is 2. The smallest absolute Gasteiger partial charge is 0.328 e. The van der Waals surface area contributed by atoms with Crippen LogP contribution >= 0.6 is 0 Å². The van der Waals surface area contributed by atoms with Gasteiger partial charge in [0.2, 0.25) is 0 Å². The Bertz CT molecular complexity index is 981. The molecular weight excluding hydrogens is 497 g/mol. The fourth-order valence-electron chi connectivity index (χ4n) is 8.08. The third-order valence-electron chi connectivity index (χ3n) is 10.1. The molecule has 5 aliphatic rings. The summed E-state index contributed by atoms with van der Waals surface area (Å²) in [6, 6.07) is 0. The van der Waals surface area contributed by atoms with Crippen LogP contribution < -0.4 is 5.32 Å². The molecule has 1 aliphatic heterocycles. The Hall–Kier alpha value is -2.53. The van der Waals surface area contributed by atoms with E-state index >= 15 is 4.39 Å². The van der Waals surface area contributed by atoms with Crippen molar-refractivity contribution in [3.63, 3.8) is 0 Å². The summed E-state index contributed by atoms with van der Waals surface area (Å²) in [6.45, 7) is 6.11. The number of aliphatic carboxylic acids is 2. The third kappa shape index (κ3) is 5.45. The second-order valence-corrected chi connectivity index (χ2v) is 12.1. The number of aliphatic hydroxyl groups excluding tert-OH is 1. The zero-order chi connectivity index (χ0) is 27.7. The lowest BCUT2D eigenvalue weighted by atomic mass is 9.44. The van der Waals surface area contributed by atoms with E-state index in [-0.39, 0.29) is 29.0 Å². The molecular formula is C27H40FN3O7. The molecule has 5 N–H and O–H groups in total. The number of carboxylic acids is 2. The van der Waals surface area contributed by atoms with E-state index < -0.39 is 18.1 Å². The third-order valence-corrected chi connectivity index (χ3v) is 10.1. The van der Waals surface area contributed by atoms with Gasteiger partial charge in [0.15, 0.2) is 0 Å². The van der Waals surface area contributed by atoms with Gasteiger partial charge in [0.1, 0.15) is 12.3 Å². The molecule has 0 aromatic heterocycles. The molecule has 1 unspecified atom stereocenters. The van der Waals surface area contributed by atoms with Crippen LogP contribution in [0.4, 0.5) is 4.39 Å². The number of halogens is 1. The minimum absolute atomic E-state index is 0.00971. The lowest BCUT2D eigenvalue weighted by Gasteiger charge is -2.60. The number of carbonyl (C=O) groups is 2. The SMILES string of the molecule is C[C@]12CC[C@H]3[C@@H](C/C(=N\O)C4CC(=NO[C@@H]5CCNC5)[C@H](F)C[C@@]43C)[C@@H]1CC[C@@H]2O.O=C(O)C=CC(=O)O. The molecule has 5 fully saturated rings. The quantitative estimate of drug-likeness (QED) is 0.207. The van der Waals surface area contributed by atoms with Gasteiger partial charge in [-0.1, -0.05) is 24.2 Å². The van der Waals surface area contributed by atoms with Gasteiger partial charge < -0.3 is 30.7 Å². The van der Waals surface area contributed by atoms with Crippen LogP contribution in [-0.2, 0) is 14.4 Å². The molecule has 1 heterocycles. The molecule has 0 radical (unpaired) electrons. The van der Waals surface area contributed by atoms with Gasteiger partial charge in [-0.25, -0.2) is 14.0 Å². The Kier molecular flexibility index (Phi) is 8.46. The molecule has 4 saturated carbocycles. The highest BCUT2D eigenvalue weighted by molar-refractivity contribution is 5.97. The van der Waals surface area contributed by atoms with Crippen LogP contribution in [-0.4, -0.2) is 75.4 Å². The summed E-state index contributed by atoms with van der Waals surface area (Å²) in [4.78, 5) is 24.7. The van der Waals surface area contributed by atoms with Gasteiger partial charge in [0, 0.05) is 37.5 Å². The Morgan fingerprint density at radius 3 is 2.32 bits per heavy atom. The molecule has 5 rings (SSSR count). The first-order valence-electron chi connectivity index (χ1n) is 13.6. The number of aliphatic hydroxyl groups is 1. The first-order valence-corrected chi connectivity index (χ1v) is 13.6. The maximum absolute atomic E-state index is 15.4. The normalized spacial score (nSPS) is 44.2. The molecule has 9 atom stereocenters. The molecule has 1 saturated heterocycles. The van der Waals surface area contributed by atoms with Gasteiger partial charge in [-0.3, -0.25) is 0 Å². The highest BCUT2D eigenvalue weighted by Crippen LogP contribution is 2.65. The van der Waals surface area contributed by atoms with E-state index in [0.717, 1.165) is 57.3 Å². The number of hydrogen-bond donors (Lipinski definition) is 5. The molecule has 0 amide bonds. The summed E-state index contributed by atoms with van der Waals surface area (Å²) in [5, 5.41) is 47.4. The van der Waals surface area contributed by atoms with Gasteiger partial charge in [-0.15, -0.1) is 0 Å². The molecule has 212 valence electrons. The highest BCUT2D eigenvalue weighted by Gasteiger charge is 2.62. The van der Waals surface area contributed by atoms with Gasteiger partial charge in [0.25, 0.3) is 0 Å². The standard InChI is InChI=1S/C23H36FN3O3.C4H4O4/c1-22-7-5-16-14(15(22)3-4-21(22)28)9-19(26-29)17-10-20(18(24)11-23(16,17)2)27-30-13-6-8-25-12-13;5-3(6)1-2-4(7)8/h13-18,21,25,28-29H,3-12H2,1-2H3;1-2H,(H,5,6)(H,7,8)/b26-19+,27-20?;/t13-,14+,15+,16+,17?,18-,21+,22+,23-;/m1./s1. The van der Waals surface area contributed by atoms with Crippen molar-refractivity contribution in [3.8, 4) is 0 Å². The second kappa shape index (κ2) is 11.3. The van der Waals surface area contributed by atoms with E-state index in [2.05, 4.69) is 29.5 Å². The van der Waals surface area contributed by atoms with Gasteiger partial charge in [-0.2, -0.15) is 0 Å². The van der Waals surface area contributed by atoms with Crippen LogP contribution in [0.3, 0.4) is 0 Å². The number of oxime groups is 2. The lowest BCUT2D eigenvalue weighted by Crippen LogP contribution is -2.58. The van der Waals surface area contributed by atoms with Crippen LogP contribution in [0.5, 0.6) is 0 Å². The highest BCUT2D eigenvalue weighted by atomic mass is 19.1. The fraction of sp³-hybridized carbons (Fsp3) is 0.778. The van der Waals surface area contributed by atoms with Gasteiger partial charge in [-0.05, 0) is 73.7 Å². The summed E-state index contributed by atoms with van der Waals surface area (Å²) in [5.74, 6) is -1.32. The van der Waals surface area contributed by atoms with E-state index in [0.29, 0.717) is 48.5 Å². The molecule has 11 heteroatoms. The number of rotatable bonds is 4. The summed E-state index contributed by atoms with van der Waals surface area (Å²) >= 11 is 0. The van der Waals surface area contributed by atoms with Crippen LogP contribution in [0, 0.1) is 34.5 Å². The van der Waals surface area contributed by atoms with Crippen molar-refractivity contribution >= 4 is 23.4 Å². The predicted octanol–water partition coefficient (Wildman–Crippen LogP) is 3.22. The van der Waals surface area contributed by atoms with E-state index in [1.165, 1.54) is 0 Å². The average molecular weight is 538 g/mol. The fourth-order valence-corrected chi connectivity index (χ4v) is 8.08. The number of fused-ring (bicyclic) bond motifs is 5. The average Bonchev–Trinajstić information content (AvgIpc) is 3.49. The van der Waals surface area contributed by atoms with E-state index in [4.69, 9.17) is 15.1 Å². The molecule has 0 aromatic rings. The van der Waals surface area contributed by atoms with Crippen molar-refractivity contribution in [2.45, 2.75) is 83.6 Å². The van der Waals surface area contributed by atoms with Gasteiger partial charge >= 0.3 is 11.9 Å². The Balaban J connectivity index is 0.000000368. The Morgan fingerprint density at radius 1 is 1.03 bits per heavy atom. The minimum Gasteiger partial charge on any atom is -0.478 e. The number of nitrogens with one attached hydrogen (secondary N) is 1. The van der Waals surface area contributed by atoms with E-state index in [1.54, 1.807) is 0 Å². The van der Waals surface area contributed by atoms with Crippen molar-refractivity contribution < 1.29 is 39.3 Å². The lowest BCUT2D eigenvalue weighted by molar-refractivity contribution is -0.134. The maximum Gasteiger partial charge on any atom is 0.328 e. The van der Waals surface area contributed by atoms with Crippen LogP contribution in [0.25, 0.3) is 0 Å². The molecule has 0 aromatic carbocycles. The number of hydrogen-bond acceptors (Lipinski definition) is 8. The topological polar surface area (TPSA) is 161 Å². The molecule has 0 spiro atoms. The van der Waals surface area contributed by atoms with Crippen LogP contribution in [0.2, 0.25) is 0 Å². The van der Waals surface area contributed by atoms with Crippen molar-refractivity contribution in [2.24, 2.45) is 44.8 Å². The van der Waals surface area contributed by atoms with E-state index in [1.807, 2.05) is 0 Å². The summed E-state index contributed by atoms with van der Waals surface area (Å²) in [7, 11) is 0. The first-order chi connectivity index (χ1) is 18.0. The molecule has 10 nitrogen and oxygen atoms in total. The first kappa shape index (κ1) is 28.5. The van der Waals surface area contributed by atoms with Crippen molar-refractivity contribution in [3.05, 3.63) is 12.2 Å². The van der Waals surface area contributed by atoms with Crippen molar-refractivity contribution in [2.75, 3.05) is 13.1 Å². The van der Waals surface area contributed by atoms with Gasteiger partial charge in [0.05, 0.1) is 17.5 Å². The maximum atomic E-state index is 15.4. The number of nitrogens with zero attached hydrogens (tertiary/aromatic N) is 2. The largest absolute Gasteiger partial charge is 0.478 e. The van der Waals surface area contributed by atoms with Crippen molar-refractivity contribution in [1.29, 1.82) is 0 Å². The zero-order valence-corrected chi connectivity index (χ0v) is 22.1. The zero-order valence-electron chi connectivity index (χ0n) is 22.1. The molecule has 4 aliphatic carbocycles. The van der Waals surface area contributed by atoms with Crippen molar-refractivity contribution in [1.82, 2.24) is 5.32 Å². The number of alkyl halides is 1. The molecule has 38 heavy (non-hydrogen) atoms. The van der Waals surface area contributed by atoms with Crippen LogP contribution in [0.1, 0.15) is 65.2 Å². The minimum atomic E-state index is -1.26.